The second-order valence-corrected chi connectivity index (χ2v) is 9.18. The summed E-state index contributed by atoms with van der Waals surface area (Å²) in [5, 5.41) is 12.8. The number of amides is 1. The summed E-state index contributed by atoms with van der Waals surface area (Å²) in [7, 11) is 0. The van der Waals surface area contributed by atoms with Crippen LogP contribution in [0.15, 0.2) is 18.5 Å². The van der Waals surface area contributed by atoms with Gasteiger partial charge in [-0.05, 0) is 30.9 Å². The minimum absolute atomic E-state index is 0. The highest BCUT2D eigenvalue weighted by atomic mass is 35.5. The van der Waals surface area contributed by atoms with Crippen molar-refractivity contribution < 1.29 is 14.6 Å². The Labute approximate surface area is 197 Å². The average Bonchev–Trinajstić information content (AvgIpc) is 3.36. The molecular formula is C20H27Cl2N5O3S. The first kappa shape index (κ1) is 24.2. The van der Waals surface area contributed by atoms with Gasteiger partial charge in [-0.2, -0.15) is 0 Å². The number of thiophene rings is 1. The zero-order chi connectivity index (χ0) is 20.0. The number of nitrogen functional groups attached to an aromatic ring is 1. The number of likely N-dealkylation sites (tertiary alicyclic amines) is 1. The molecule has 2 aromatic rings. The molecule has 11 heteroatoms. The van der Waals surface area contributed by atoms with Crippen molar-refractivity contribution in [1.29, 1.82) is 0 Å². The number of hydrogen-bond acceptors (Lipinski definition) is 8. The number of halogens is 2. The molecular weight excluding hydrogens is 461 g/mol. The smallest absolute Gasteiger partial charge is 0.239 e. The van der Waals surface area contributed by atoms with Crippen LogP contribution in [0.1, 0.15) is 29.7 Å². The van der Waals surface area contributed by atoms with Crippen molar-refractivity contribution in [2.75, 3.05) is 32.0 Å². The molecule has 3 aliphatic rings. The van der Waals surface area contributed by atoms with Crippen LogP contribution < -0.4 is 11.1 Å². The molecule has 170 valence electrons. The third-order valence-electron chi connectivity index (χ3n) is 6.22. The van der Waals surface area contributed by atoms with Crippen molar-refractivity contribution in [2.24, 2.45) is 0 Å². The van der Waals surface area contributed by atoms with E-state index < -0.39 is 6.10 Å². The number of nitrogens with one attached hydrogen (secondary N) is 1. The van der Waals surface area contributed by atoms with Crippen LogP contribution in [-0.2, 0) is 21.6 Å². The molecule has 2 atom stereocenters. The first-order chi connectivity index (χ1) is 14.0. The molecule has 4 N–H and O–H groups in total. The zero-order valence-corrected chi connectivity index (χ0v) is 19.4. The summed E-state index contributed by atoms with van der Waals surface area (Å²) < 4.78 is 6.33. The maximum atomic E-state index is 12.8. The van der Waals surface area contributed by atoms with Gasteiger partial charge in [0.1, 0.15) is 5.82 Å². The van der Waals surface area contributed by atoms with Gasteiger partial charge in [0, 0.05) is 30.9 Å². The third kappa shape index (κ3) is 4.53. The van der Waals surface area contributed by atoms with Crippen LogP contribution in [0.2, 0.25) is 0 Å². The quantitative estimate of drug-likeness (QED) is 0.590. The summed E-state index contributed by atoms with van der Waals surface area (Å²) >= 11 is 1.75. The van der Waals surface area contributed by atoms with Gasteiger partial charge in [0.05, 0.1) is 47.3 Å². The first-order valence-electron chi connectivity index (χ1n) is 10.1. The molecule has 0 radical (unpaired) electrons. The second-order valence-electron chi connectivity index (χ2n) is 8.04. The number of aliphatic hydroxyl groups excluding tert-OH is 1. The lowest BCUT2D eigenvalue weighted by molar-refractivity contribution is -0.142. The van der Waals surface area contributed by atoms with E-state index in [2.05, 4.69) is 21.4 Å². The molecule has 5 heterocycles. The first-order valence-corrected chi connectivity index (χ1v) is 10.9. The molecule has 2 aromatic heterocycles. The Balaban J connectivity index is 0.00000136. The topological polar surface area (TPSA) is 114 Å². The van der Waals surface area contributed by atoms with E-state index in [9.17, 15) is 9.90 Å². The van der Waals surface area contributed by atoms with Gasteiger partial charge >= 0.3 is 0 Å². The monoisotopic (exact) mass is 487 g/mol. The standard InChI is InChI=1S/C20H25N5O3S.2ClH/c21-18-11-23-15(10-24-18)17-8-13-16(29-17)1-6-28-20(13)2-4-25(5-3-20)19(27)14-7-12(26)9-22-14;;/h8,10-12,14,22,26H,1-7,9H2,(H2,21,24);2*1H/t12-,14-;;/m1../s1. The summed E-state index contributed by atoms with van der Waals surface area (Å²) in [6.07, 6.45) is 5.83. The van der Waals surface area contributed by atoms with E-state index in [0.717, 1.165) is 29.8 Å². The number of rotatable bonds is 2. The van der Waals surface area contributed by atoms with Gasteiger partial charge in [-0.25, -0.2) is 9.97 Å². The summed E-state index contributed by atoms with van der Waals surface area (Å²) in [5.41, 5.74) is 7.40. The minimum atomic E-state index is -0.426. The van der Waals surface area contributed by atoms with Crippen LogP contribution in [0.5, 0.6) is 0 Å². The van der Waals surface area contributed by atoms with E-state index in [1.54, 1.807) is 23.7 Å². The number of anilines is 1. The van der Waals surface area contributed by atoms with Crippen LogP contribution in [-0.4, -0.2) is 64.3 Å². The molecule has 3 aliphatic heterocycles. The van der Waals surface area contributed by atoms with Crippen molar-refractivity contribution in [3.05, 3.63) is 28.9 Å². The number of ether oxygens (including phenoxy) is 1. The molecule has 0 unspecified atom stereocenters. The van der Waals surface area contributed by atoms with Crippen LogP contribution in [0.4, 0.5) is 5.82 Å². The fourth-order valence-electron chi connectivity index (χ4n) is 4.64. The normalized spacial score (nSPS) is 24.2. The Morgan fingerprint density at radius 1 is 1.29 bits per heavy atom. The van der Waals surface area contributed by atoms with Gasteiger partial charge in [0.2, 0.25) is 5.91 Å². The number of aliphatic hydroxyl groups is 1. The van der Waals surface area contributed by atoms with Gasteiger partial charge in [0.25, 0.3) is 0 Å². The molecule has 0 aliphatic carbocycles. The highest BCUT2D eigenvalue weighted by Gasteiger charge is 2.44. The Bertz CT molecular complexity index is 918. The Morgan fingerprint density at radius 3 is 2.71 bits per heavy atom. The number of carbonyl (C=O) groups excluding carboxylic acids is 1. The van der Waals surface area contributed by atoms with Crippen molar-refractivity contribution in [3.8, 4) is 10.6 Å². The van der Waals surface area contributed by atoms with Crippen molar-refractivity contribution in [1.82, 2.24) is 20.2 Å². The molecule has 0 bridgehead atoms. The number of β-amino-alcohol motifs (C(OH)–C–C–N with tert-alkyl or cyclic N) is 1. The zero-order valence-electron chi connectivity index (χ0n) is 17.0. The van der Waals surface area contributed by atoms with E-state index in [4.69, 9.17) is 10.5 Å². The van der Waals surface area contributed by atoms with E-state index in [1.165, 1.54) is 10.4 Å². The van der Waals surface area contributed by atoms with Crippen LogP contribution in [0.3, 0.4) is 0 Å². The molecule has 0 aromatic carbocycles. The SMILES string of the molecule is Cl.Cl.Nc1cnc(-c2cc3c(s2)CCOC32CCN(C(=O)[C@H]3C[C@@H](O)CN3)CC2)cn1. The molecule has 2 fully saturated rings. The Morgan fingerprint density at radius 2 is 2.06 bits per heavy atom. The summed E-state index contributed by atoms with van der Waals surface area (Å²) in [4.78, 5) is 25.7. The lowest BCUT2D eigenvalue weighted by Gasteiger charge is -2.44. The summed E-state index contributed by atoms with van der Waals surface area (Å²) in [6, 6.07) is 1.92. The van der Waals surface area contributed by atoms with E-state index >= 15 is 0 Å². The van der Waals surface area contributed by atoms with Crippen LogP contribution in [0.25, 0.3) is 10.6 Å². The fourth-order valence-corrected chi connectivity index (χ4v) is 5.83. The second kappa shape index (κ2) is 9.56. The number of fused-ring (bicyclic) bond motifs is 2. The number of aromatic nitrogens is 2. The average molecular weight is 488 g/mol. The lowest BCUT2D eigenvalue weighted by Crippen LogP contribution is -2.51. The minimum Gasteiger partial charge on any atom is -0.392 e. The lowest BCUT2D eigenvalue weighted by atomic mass is 9.82. The highest BCUT2D eigenvalue weighted by molar-refractivity contribution is 7.15. The summed E-state index contributed by atoms with van der Waals surface area (Å²) in [5.74, 6) is 0.506. The number of nitrogens with two attached hydrogens (primary N) is 1. The van der Waals surface area contributed by atoms with E-state index in [1.807, 2.05) is 4.90 Å². The number of piperidine rings is 1. The van der Waals surface area contributed by atoms with Crippen molar-refractivity contribution in [3.63, 3.8) is 0 Å². The Hall–Kier alpha value is -1.49. The maximum absolute atomic E-state index is 12.8. The van der Waals surface area contributed by atoms with Gasteiger partial charge in [0.15, 0.2) is 0 Å². The van der Waals surface area contributed by atoms with Crippen LogP contribution in [0, 0.1) is 0 Å². The molecule has 31 heavy (non-hydrogen) atoms. The van der Waals surface area contributed by atoms with Crippen molar-refractivity contribution in [2.45, 2.75) is 43.4 Å². The van der Waals surface area contributed by atoms with Crippen LogP contribution >= 0.6 is 36.2 Å². The molecule has 1 spiro atoms. The maximum Gasteiger partial charge on any atom is 0.239 e. The third-order valence-corrected chi connectivity index (χ3v) is 7.44. The highest BCUT2D eigenvalue weighted by Crippen LogP contribution is 2.46. The number of hydrogen-bond donors (Lipinski definition) is 3. The van der Waals surface area contributed by atoms with Crippen molar-refractivity contribution >= 4 is 47.9 Å². The predicted octanol–water partition coefficient (Wildman–Crippen LogP) is 1.74. The predicted molar refractivity (Wildman–Crippen MR) is 124 cm³/mol. The molecule has 5 rings (SSSR count). The molecule has 8 nitrogen and oxygen atoms in total. The molecule has 1 amide bonds. The van der Waals surface area contributed by atoms with E-state index in [-0.39, 0.29) is 42.4 Å². The number of carbonyl (C=O) groups is 1. The largest absolute Gasteiger partial charge is 0.392 e. The number of nitrogens with zero attached hydrogens (tertiary/aromatic N) is 3. The van der Waals surface area contributed by atoms with Gasteiger partial charge < -0.3 is 25.8 Å². The van der Waals surface area contributed by atoms with Gasteiger partial charge in [-0.15, -0.1) is 36.2 Å². The summed E-state index contributed by atoms with van der Waals surface area (Å²) in [6.45, 7) is 2.52. The Kier molecular flexibility index (Phi) is 7.45. The van der Waals surface area contributed by atoms with Gasteiger partial charge in [-0.3, -0.25) is 4.79 Å². The molecule has 2 saturated heterocycles. The molecule has 0 saturated carbocycles. The fraction of sp³-hybridized carbons (Fsp3) is 0.550. The van der Waals surface area contributed by atoms with Gasteiger partial charge in [-0.1, -0.05) is 0 Å². The van der Waals surface area contributed by atoms with E-state index in [0.29, 0.717) is 38.5 Å².